The van der Waals surface area contributed by atoms with Gasteiger partial charge in [0, 0.05) is 24.7 Å². The van der Waals surface area contributed by atoms with Gasteiger partial charge in [-0.3, -0.25) is 4.79 Å². The minimum Gasteiger partial charge on any atom is -0.339 e. The van der Waals surface area contributed by atoms with Gasteiger partial charge in [-0.2, -0.15) is 0 Å². The molecule has 3 nitrogen and oxygen atoms in total. The Morgan fingerprint density at radius 3 is 2.37 bits per heavy atom. The standard InChI is InChI=1S/C16H24N2O/c1-16(2,3)14-7-5-4-6-13(14)15(19)18-10-8-12(17)9-11-18/h4-7,12H,8-11,17H2,1-3H3. The fraction of sp³-hybridized carbons (Fsp3) is 0.562. The summed E-state index contributed by atoms with van der Waals surface area (Å²) in [5.74, 6) is 0.150. The first-order valence-electron chi connectivity index (χ1n) is 7.04. The molecule has 0 aromatic heterocycles. The molecule has 0 radical (unpaired) electrons. The van der Waals surface area contributed by atoms with Crippen LogP contribution in [0.4, 0.5) is 0 Å². The first-order valence-corrected chi connectivity index (χ1v) is 7.04. The zero-order chi connectivity index (χ0) is 14.0. The molecule has 0 bridgehead atoms. The number of hydrogen-bond donors (Lipinski definition) is 1. The number of carbonyl (C=O) groups excluding carboxylic acids is 1. The second kappa shape index (κ2) is 5.33. The van der Waals surface area contributed by atoms with Crippen molar-refractivity contribution in [2.24, 2.45) is 5.73 Å². The molecule has 1 aliphatic heterocycles. The van der Waals surface area contributed by atoms with E-state index in [-0.39, 0.29) is 17.4 Å². The van der Waals surface area contributed by atoms with E-state index in [9.17, 15) is 4.79 Å². The van der Waals surface area contributed by atoms with Crippen molar-refractivity contribution in [1.82, 2.24) is 4.90 Å². The average Bonchev–Trinajstić information content (AvgIpc) is 2.38. The van der Waals surface area contributed by atoms with E-state index >= 15 is 0 Å². The Bertz CT molecular complexity index is 454. The first kappa shape index (κ1) is 14.1. The van der Waals surface area contributed by atoms with Gasteiger partial charge in [-0.05, 0) is 29.9 Å². The van der Waals surface area contributed by atoms with Gasteiger partial charge < -0.3 is 10.6 Å². The highest BCUT2D eigenvalue weighted by Gasteiger charge is 2.26. The molecule has 2 rings (SSSR count). The minimum absolute atomic E-state index is 0.0154. The first-order chi connectivity index (χ1) is 8.89. The monoisotopic (exact) mass is 260 g/mol. The van der Waals surface area contributed by atoms with Crippen LogP contribution in [-0.4, -0.2) is 29.9 Å². The summed E-state index contributed by atoms with van der Waals surface area (Å²) in [6, 6.07) is 8.20. The van der Waals surface area contributed by atoms with Gasteiger partial charge in [-0.15, -0.1) is 0 Å². The van der Waals surface area contributed by atoms with E-state index in [1.54, 1.807) is 0 Å². The van der Waals surface area contributed by atoms with Crippen molar-refractivity contribution < 1.29 is 4.79 Å². The molecule has 0 unspecified atom stereocenters. The lowest BCUT2D eigenvalue weighted by molar-refractivity contribution is 0.0712. The quantitative estimate of drug-likeness (QED) is 0.843. The normalized spacial score (nSPS) is 17.6. The molecular weight excluding hydrogens is 236 g/mol. The van der Waals surface area contributed by atoms with Crippen LogP contribution in [0.1, 0.15) is 49.5 Å². The lowest BCUT2D eigenvalue weighted by Crippen LogP contribution is -2.43. The third-order valence-corrected chi connectivity index (χ3v) is 3.79. The van der Waals surface area contributed by atoms with Crippen LogP contribution in [0.2, 0.25) is 0 Å². The van der Waals surface area contributed by atoms with Crippen LogP contribution in [0.5, 0.6) is 0 Å². The number of rotatable bonds is 1. The molecule has 0 spiro atoms. The molecule has 1 aromatic carbocycles. The van der Waals surface area contributed by atoms with E-state index in [4.69, 9.17) is 5.73 Å². The van der Waals surface area contributed by atoms with Crippen molar-refractivity contribution in [3.63, 3.8) is 0 Å². The number of nitrogens with zero attached hydrogens (tertiary/aromatic N) is 1. The highest BCUT2D eigenvalue weighted by molar-refractivity contribution is 5.96. The summed E-state index contributed by atoms with van der Waals surface area (Å²) in [7, 11) is 0. The van der Waals surface area contributed by atoms with Crippen LogP contribution in [-0.2, 0) is 5.41 Å². The van der Waals surface area contributed by atoms with E-state index < -0.39 is 0 Å². The molecule has 1 fully saturated rings. The maximum atomic E-state index is 12.7. The van der Waals surface area contributed by atoms with Crippen molar-refractivity contribution in [2.45, 2.75) is 45.1 Å². The van der Waals surface area contributed by atoms with Crippen LogP contribution in [0, 0.1) is 0 Å². The fourth-order valence-corrected chi connectivity index (χ4v) is 2.60. The summed E-state index contributed by atoms with van der Waals surface area (Å²) >= 11 is 0. The Kier molecular flexibility index (Phi) is 3.95. The fourth-order valence-electron chi connectivity index (χ4n) is 2.60. The molecule has 2 N–H and O–H groups in total. The van der Waals surface area contributed by atoms with Crippen LogP contribution < -0.4 is 5.73 Å². The Morgan fingerprint density at radius 2 is 1.79 bits per heavy atom. The SMILES string of the molecule is CC(C)(C)c1ccccc1C(=O)N1CCC(N)CC1. The molecule has 0 aliphatic carbocycles. The average molecular weight is 260 g/mol. The van der Waals surface area contributed by atoms with Gasteiger partial charge in [-0.1, -0.05) is 39.0 Å². The number of amides is 1. The third-order valence-electron chi connectivity index (χ3n) is 3.79. The zero-order valence-electron chi connectivity index (χ0n) is 12.1. The van der Waals surface area contributed by atoms with Crippen LogP contribution >= 0.6 is 0 Å². The van der Waals surface area contributed by atoms with E-state index in [2.05, 4.69) is 26.8 Å². The molecule has 1 aliphatic rings. The summed E-state index contributed by atoms with van der Waals surface area (Å²) < 4.78 is 0. The lowest BCUT2D eigenvalue weighted by atomic mass is 9.83. The van der Waals surface area contributed by atoms with Gasteiger partial charge >= 0.3 is 0 Å². The van der Waals surface area contributed by atoms with Crippen LogP contribution in [0.15, 0.2) is 24.3 Å². The number of nitrogens with two attached hydrogens (primary N) is 1. The topological polar surface area (TPSA) is 46.3 Å². The van der Waals surface area contributed by atoms with Crippen molar-refractivity contribution in [3.05, 3.63) is 35.4 Å². The van der Waals surface area contributed by atoms with Gasteiger partial charge in [0.2, 0.25) is 0 Å². The van der Waals surface area contributed by atoms with E-state index in [1.807, 2.05) is 23.1 Å². The summed E-state index contributed by atoms with van der Waals surface area (Å²) in [4.78, 5) is 14.6. The van der Waals surface area contributed by atoms with Gasteiger partial charge in [0.05, 0.1) is 0 Å². The van der Waals surface area contributed by atoms with Crippen LogP contribution in [0.25, 0.3) is 0 Å². The molecule has 0 atom stereocenters. The Balaban J connectivity index is 2.24. The summed E-state index contributed by atoms with van der Waals surface area (Å²) in [6.07, 6.45) is 1.81. The number of hydrogen-bond acceptors (Lipinski definition) is 2. The number of carbonyl (C=O) groups is 1. The van der Waals surface area contributed by atoms with E-state index in [1.165, 1.54) is 0 Å². The smallest absolute Gasteiger partial charge is 0.254 e. The van der Waals surface area contributed by atoms with Gasteiger partial charge in [0.25, 0.3) is 5.91 Å². The van der Waals surface area contributed by atoms with Crippen molar-refractivity contribution in [3.8, 4) is 0 Å². The predicted octanol–water partition coefficient (Wildman–Crippen LogP) is 2.55. The molecule has 1 heterocycles. The third kappa shape index (κ3) is 3.16. The van der Waals surface area contributed by atoms with Gasteiger partial charge in [0.15, 0.2) is 0 Å². The zero-order valence-corrected chi connectivity index (χ0v) is 12.1. The minimum atomic E-state index is -0.0154. The Hall–Kier alpha value is -1.35. The van der Waals surface area contributed by atoms with E-state index in [0.29, 0.717) is 0 Å². The van der Waals surface area contributed by atoms with Crippen LogP contribution in [0.3, 0.4) is 0 Å². The highest BCUT2D eigenvalue weighted by Crippen LogP contribution is 2.27. The van der Waals surface area contributed by atoms with Crippen molar-refractivity contribution in [1.29, 1.82) is 0 Å². The largest absolute Gasteiger partial charge is 0.339 e. The lowest BCUT2D eigenvalue weighted by Gasteiger charge is -2.32. The summed E-state index contributed by atoms with van der Waals surface area (Å²) in [5.41, 5.74) is 7.84. The predicted molar refractivity (Wildman–Crippen MR) is 78.3 cm³/mol. The van der Waals surface area contributed by atoms with E-state index in [0.717, 1.165) is 37.1 Å². The second-order valence-electron chi connectivity index (χ2n) is 6.43. The molecule has 1 aromatic rings. The molecule has 1 saturated heterocycles. The number of benzene rings is 1. The highest BCUT2D eigenvalue weighted by atomic mass is 16.2. The van der Waals surface area contributed by atoms with Gasteiger partial charge in [0.1, 0.15) is 0 Å². The molecule has 0 saturated carbocycles. The maximum absolute atomic E-state index is 12.7. The molecule has 1 amide bonds. The number of piperidine rings is 1. The second-order valence-corrected chi connectivity index (χ2v) is 6.43. The summed E-state index contributed by atoms with van der Waals surface area (Å²) in [6.45, 7) is 7.98. The summed E-state index contributed by atoms with van der Waals surface area (Å²) in [5, 5.41) is 0. The van der Waals surface area contributed by atoms with Crippen molar-refractivity contribution >= 4 is 5.91 Å². The maximum Gasteiger partial charge on any atom is 0.254 e. The molecule has 19 heavy (non-hydrogen) atoms. The van der Waals surface area contributed by atoms with Gasteiger partial charge in [-0.25, -0.2) is 0 Å². The number of likely N-dealkylation sites (tertiary alicyclic amines) is 1. The molecule has 104 valence electrons. The molecular formula is C16H24N2O. The Morgan fingerprint density at radius 1 is 1.21 bits per heavy atom. The molecule has 3 heteroatoms. The van der Waals surface area contributed by atoms with Crippen molar-refractivity contribution in [2.75, 3.05) is 13.1 Å². The Labute approximate surface area is 115 Å².